The van der Waals surface area contributed by atoms with E-state index in [4.69, 9.17) is 0 Å². The highest BCUT2D eigenvalue weighted by molar-refractivity contribution is 8.35. The first-order valence-corrected chi connectivity index (χ1v) is 6.40. The molecule has 0 aliphatic heterocycles. The Kier molecular flexibility index (Phi) is 2.43. The highest BCUT2D eigenvalue weighted by Crippen LogP contribution is 2.32. The number of aryl methyl sites for hydroxylation is 1. The Morgan fingerprint density at radius 1 is 1.42 bits per heavy atom. The minimum Gasteiger partial charge on any atom is -0.255 e. The zero-order valence-corrected chi connectivity index (χ0v) is 8.64. The smallest absolute Gasteiger partial charge is 0.226 e. The molecule has 0 aliphatic carbocycles. The molecule has 4 heteroatoms. The Morgan fingerprint density at radius 2 is 2.08 bits per heavy atom. The number of rotatable bonds is 0. The number of hydrogen-bond donors (Lipinski definition) is 0. The van der Waals surface area contributed by atoms with Crippen LogP contribution in [0, 0.1) is 11.2 Å². The molecule has 1 rings (SSSR count). The van der Waals surface area contributed by atoms with Crippen LogP contribution in [0.15, 0.2) is 6.33 Å². The molecule has 66 valence electrons. The molecule has 0 N–H and O–H groups in total. The van der Waals surface area contributed by atoms with Crippen molar-refractivity contribution in [3.05, 3.63) is 12.2 Å². The molecule has 1 aromatic heterocycles. The SMILES string of the molecule is Cn1cnc(C#CS(C)(C)C)n1. The average Bonchev–Trinajstić information content (AvgIpc) is 2.30. The van der Waals surface area contributed by atoms with Crippen LogP contribution in [0.5, 0.6) is 0 Å². The number of hydrogen-bond acceptors (Lipinski definition) is 2. The molecule has 1 heterocycles. The van der Waals surface area contributed by atoms with E-state index in [1.54, 1.807) is 11.0 Å². The van der Waals surface area contributed by atoms with Crippen molar-refractivity contribution in [2.75, 3.05) is 18.8 Å². The minimum atomic E-state index is -0.763. The summed E-state index contributed by atoms with van der Waals surface area (Å²) in [5.74, 6) is 3.56. The van der Waals surface area contributed by atoms with Crippen molar-refractivity contribution in [1.82, 2.24) is 14.8 Å². The van der Waals surface area contributed by atoms with E-state index >= 15 is 0 Å². The fraction of sp³-hybridized carbons (Fsp3) is 0.500. The molecule has 0 fully saturated rings. The van der Waals surface area contributed by atoms with E-state index in [0.717, 1.165) is 0 Å². The van der Waals surface area contributed by atoms with Crippen molar-refractivity contribution in [3.8, 4) is 11.2 Å². The first-order valence-electron chi connectivity index (χ1n) is 3.54. The summed E-state index contributed by atoms with van der Waals surface area (Å²) in [5.41, 5.74) is 0. The van der Waals surface area contributed by atoms with E-state index in [1.807, 2.05) is 7.05 Å². The lowest BCUT2D eigenvalue weighted by Gasteiger charge is -2.14. The first kappa shape index (κ1) is 9.14. The second-order valence-electron chi connectivity index (χ2n) is 3.31. The van der Waals surface area contributed by atoms with Gasteiger partial charge in [-0.15, -0.1) is 5.10 Å². The van der Waals surface area contributed by atoms with E-state index in [0.29, 0.717) is 5.82 Å². The van der Waals surface area contributed by atoms with Gasteiger partial charge >= 0.3 is 0 Å². The first-order chi connectivity index (χ1) is 5.47. The van der Waals surface area contributed by atoms with Crippen molar-refractivity contribution in [3.63, 3.8) is 0 Å². The van der Waals surface area contributed by atoms with Crippen LogP contribution in [-0.4, -0.2) is 33.5 Å². The summed E-state index contributed by atoms with van der Waals surface area (Å²) in [5, 5.41) is 7.21. The molecular formula is C8H13N3S. The molecule has 0 atom stereocenters. The maximum absolute atomic E-state index is 4.06. The topological polar surface area (TPSA) is 30.7 Å². The molecule has 3 nitrogen and oxygen atoms in total. The summed E-state index contributed by atoms with van der Waals surface area (Å²) in [7, 11) is 1.07. The second-order valence-corrected chi connectivity index (χ2v) is 7.18. The highest BCUT2D eigenvalue weighted by Gasteiger charge is 1.97. The minimum absolute atomic E-state index is 0.611. The monoisotopic (exact) mass is 183 g/mol. The molecule has 12 heavy (non-hydrogen) atoms. The van der Waals surface area contributed by atoms with Crippen LogP contribution in [0.25, 0.3) is 0 Å². The van der Waals surface area contributed by atoms with Gasteiger partial charge in [0.15, 0.2) is 0 Å². The van der Waals surface area contributed by atoms with Crippen LogP contribution in [0.3, 0.4) is 0 Å². The third-order valence-corrected chi connectivity index (χ3v) is 1.78. The lowest BCUT2D eigenvalue weighted by molar-refractivity contribution is 0.762. The molecule has 1 aromatic rings. The predicted molar refractivity (Wildman–Crippen MR) is 53.2 cm³/mol. The van der Waals surface area contributed by atoms with Crippen LogP contribution in [0.2, 0.25) is 0 Å². The van der Waals surface area contributed by atoms with Gasteiger partial charge in [0.25, 0.3) is 0 Å². The summed E-state index contributed by atoms with van der Waals surface area (Å²) in [6, 6.07) is 0. The molecule has 0 aromatic carbocycles. The third-order valence-electron chi connectivity index (χ3n) is 1.07. The van der Waals surface area contributed by atoms with Gasteiger partial charge in [0.2, 0.25) is 5.82 Å². The Balaban J connectivity index is 2.80. The molecule has 0 saturated carbocycles. The maximum Gasteiger partial charge on any atom is 0.226 e. The zero-order valence-electron chi connectivity index (χ0n) is 7.83. The van der Waals surface area contributed by atoms with Gasteiger partial charge in [0.05, 0.1) is 0 Å². The van der Waals surface area contributed by atoms with E-state index in [2.05, 4.69) is 40.0 Å². The predicted octanol–water partition coefficient (Wildman–Crippen LogP) is 0.818. The Bertz CT molecular complexity index is 324. The van der Waals surface area contributed by atoms with Crippen LogP contribution < -0.4 is 0 Å². The summed E-state index contributed by atoms with van der Waals surface area (Å²) >= 11 is 0. The van der Waals surface area contributed by atoms with Crippen molar-refractivity contribution in [2.24, 2.45) is 7.05 Å². The van der Waals surface area contributed by atoms with Crippen LogP contribution in [-0.2, 0) is 7.05 Å². The van der Waals surface area contributed by atoms with Crippen LogP contribution in [0.1, 0.15) is 5.82 Å². The van der Waals surface area contributed by atoms with Crippen molar-refractivity contribution in [2.45, 2.75) is 0 Å². The van der Waals surface area contributed by atoms with Crippen molar-refractivity contribution < 1.29 is 0 Å². The summed E-state index contributed by atoms with van der Waals surface area (Å²) < 4.78 is 1.65. The van der Waals surface area contributed by atoms with E-state index in [1.165, 1.54) is 0 Å². The standard InChI is InChI=1S/C8H13N3S/c1-11-7-9-8(10-11)5-6-12(2,3)4/h7H,1-4H3. The Labute approximate surface area is 74.5 Å². The van der Waals surface area contributed by atoms with Crippen molar-refractivity contribution >= 4 is 10.0 Å². The zero-order chi connectivity index (χ0) is 9.19. The number of aromatic nitrogens is 3. The number of nitrogens with zero attached hydrogens (tertiary/aromatic N) is 3. The molecule has 0 unspecified atom stereocenters. The van der Waals surface area contributed by atoms with E-state index in [9.17, 15) is 0 Å². The van der Waals surface area contributed by atoms with Crippen molar-refractivity contribution in [1.29, 1.82) is 0 Å². The molecule has 0 saturated heterocycles. The normalized spacial score (nSPS) is 12.0. The van der Waals surface area contributed by atoms with Gasteiger partial charge in [-0.3, -0.25) is 4.68 Å². The Hall–Kier alpha value is -0.950. The lowest BCUT2D eigenvalue weighted by Crippen LogP contribution is -1.89. The molecule has 0 aliphatic rings. The second kappa shape index (κ2) is 3.20. The Morgan fingerprint density at radius 3 is 2.50 bits per heavy atom. The molecular weight excluding hydrogens is 170 g/mol. The van der Waals surface area contributed by atoms with E-state index in [-0.39, 0.29) is 0 Å². The van der Waals surface area contributed by atoms with Gasteiger partial charge in [0, 0.05) is 7.05 Å². The van der Waals surface area contributed by atoms with Gasteiger partial charge in [0.1, 0.15) is 6.33 Å². The lowest BCUT2D eigenvalue weighted by atomic mass is 10.7. The van der Waals surface area contributed by atoms with Crippen LogP contribution >= 0.6 is 10.0 Å². The van der Waals surface area contributed by atoms with Gasteiger partial charge in [-0.2, -0.15) is 10.0 Å². The summed E-state index contributed by atoms with van der Waals surface area (Å²) in [4.78, 5) is 4.01. The molecule has 0 bridgehead atoms. The van der Waals surface area contributed by atoms with Gasteiger partial charge < -0.3 is 0 Å². The molecule has 0 radical (unpaired) electrons. The largest absolute Gasteiger partial charge is 0.255 e. The van der Waals surface area contributed by atoms with Gasteiger partial charge in [-0.1, -0.05) is 0 Å². The van der Waals surface area contributed by atoms with Gasteiger partial charge in [-0.25, -0.2) is 4.98 Å². The molecule has 0 spiro atoms. The summed E-state index contributed by atoms with van der Waals surface area (Å²) in [6.45, 7) is 0. The maximum atomic E-state index is 4.06. The highest BCUT2D eigenvalue weighted by atomic mass is 32.3. The fourth-order valence-electron chi connectivity index (χ4n) is 0.595. The van der Waals surface area contributed by atoms with Gasteiger partial charge in [-0.05, 0) is 29.9 Å². The summed E-state index contributed by atoms with van der Waals surface area (Å²) in [6.07, 6.45) is 8.08. The van der Waals surface area contributed by atoms with Crippen LogP contribution in [0.4, 0.5) is 0 Å². The average molecular weight is 183 g/mol. The third kappa shape index (κ3) is 2.97. The molecule has 0 amide bonds. The van der Waals surface area contributed by atoms with E-state index < -0.39 is 10.0 Å². The quantitative estimate of drug-likeness (QED) is 0.557. The fourth-order valence-corrected chi connectivity index (χ4v) is 0.993.